The monoisotopic (exact) mass is 831 g/mol. The Labute approximate surface area is 347 Å². The highest BCUT2D eigenvalue weighted by Crippen LogP contribution is 2.50. The van der Waals surface area contributed by atoms with Gasteiger partial charge in [-0.25, -0.2) is 0 Å². The molecule has 11 heteroatoms. The Bertz CT molecular complexity index is 3260. The van der Waals surface area contributed by atoms with Crippen LogP contribution in [0.4, 0.5) is 47.3 Å². The van der Waals surface area contributed by atoms with E-state index in [0.29, 0.717) is 11.1 Å². The van der Waals surface area contributed by atoms with Gasteiger partial charge in [0.15, 0.2) is 0 Å². The smallest absolute Gasteiger partial charge is 0.376 e. The van der Waals surface area contributed by atoms with Gasteiger partial charge in [-0.15, -0.1) is 11.3 Å². The number of fused-ring (bicyclic) bond motifs is 6. The number of aromatic nitrogens is 1. The molecular weight excluding hydrogens is 800 g/mol. The number of rotatable bonds is 9. The van der Waals surface area contributed by atoms with Crippen LogP contribution >= 0.6 is 11.3 Å². The van der Waals surface area contributed by atoms with Gasteiger partial charge in [-0.1, -0.05) is 103 Å². The summed E-state index contributed by atoms with van der Waals surface area (Å²) < 4.78 is 74.9. The van der Waals surface area contributed by atoms with Crippen molar-refractivity contribution in [2.45, 2.75) is 5.51 Å². The van der Waals surface area contributed by atoms with Crippen molar-refractivity contribution >= 4 is 97.6 Å². The summed E-state index contributed by atoms with van der Waals surface area (Å²) in [6, 6.07) is 62.5. The molecule has 2 heterocycles. The van der Waals surface area contributed by atoms with E-state index >= 15 is 0 Å². The second kappa shape index (κ2) is 14.6. The van der Waals surface area contributed by atoms with Crippen molar-refractivity contribution in [1.82, 2.24) is 4.57 Å². The zero-order valence-corrected chi connectivity index (χ0v) is 33.1. The lowest BCUT2D eigenvalue weighted by atomic mass is 10.1. The van der Waals surface area contributed by atoms with Crippen LogP contribution in [0.25, 0.3) is 47.7 Å². The molecule has 0 aliphatic rings. The van der Waals surface area contributed by atoms with Crippen molar-refractivity contribution in [3.05, 3.63) is 194 Å². The van der Waals surface area contributed by atoms with Gasteiger partial charge in [0.05, 0.1) is 27.1 Å². The molecule has 0 spiro atoms. The van der Waals surface area contributed by atoms with Gasteiger partial charge in [-0.2, -0.15) is 21.6 Å². The Morgan fingerprint density at radius 3 is 1.67 bits per heavy atom. The summed E-state index contributed by atoms with van der Waals surface area (Å²) in [7, 11) is -5.98. The molecule has 0 aliphatic carbocycles. The largest absolute Gasteiger partial charge is 0.534 e. The first-order valence-electron chi connectivity index (χ1n) is 19.0. The third-order valence-electron chi connectivity index (χ3n) is 10.5. The van der Waals surface area contributed by atoms with Crippen LogP contribution in [0.3, 0.4) is 0 Å². The highest BCUT2D eigenvalue weighted by Gasteiger charge is 2.48. The van der Waals surface area contributed by atoms with Gasteiger partial charge >= 0.3 is 15.6 Å². The van der Waals surface area contributed by atoms with Crippen molar-refractivity contribution < 1.29 is 25.8 Å². The molecule has 0 amide bonds. The summed E-state index contributed by atoms with van der Waals surface area (Å²) in [5.41, 5.74) is 2.16. The molecule has 60 heavy (non-hydrogen) atoms. The number of thiophene rings is 1. The van der Waals surface area contributed by atoms with E-state index in [1.54, 1.807) is 0 Å². The Kier molecular flexibility index (Phi) is 9.07. The Morgan fingerprint density at radius 2 is 1.05 bits per heavy atom. The van der Waals surface area contributed by atoms with E-state index in [0.717, 1.165) is 70.7 Å². The van der Waals surface area contributed by atoms with Crippen LogP contribution in [0.1, 0.15) is 0 Å². The normalized spacial score (nSPS) is 12.1. The molecule has 0 bridgehead atoms. The van der Waals surface area contributed by atoms with Gasteiger partial charge in [-0.05, 0) is 84.9 Å². The van der Waals surface area contributed by atoms with Crippen molar-refractivity contribution in [3.63, 3.8) is 0 Å². The zero-order chi connectivity index (χ0) is 41.0. The average Bonchev–Trinajstić information content (AvgIpc) is 3.81. The minimum atomic E-state index is -5.98. The maximum atomic E-state index is 13.8. The second-order valence-corrected chi connectivity index (χ2v) is 16.7. The molecule has 10 aromatic rings. The fourth-order valence-electron chi connectivity index (χ4n) is 7.98. The number of hydrogen-bond donors (Lipinski definition) is 0. The van der Waals surface area contributed by atoms with Gasteiger partial charge in [0.25, 0.3) is 0 Å². The Balaban J connectivity index is 1.22. The number of benzene rings is 8. The van der Waals surface area contributed by atoms with Crippen molar-refractivity contribution in [3.8, 4) is 11.4 Å². The van der Waals surface area contributed by atoms with E-state index in [-0.39, 0.29) is 0 Å². The molecule has 0 saturated heterocycles. The molecule has 0 fully saturated rings. The summed E-state index contributed by atoms with van der Waals surface area (Å²) in [6.07, 6.45) is 0. The fourth-order valence-corrected chi connectivity index (χ4v) is 9.64. The van der Waals surface area contributed by atoms with Gasteiger partial charge in [-0.3, -0.25) is 0 Å². The molecule has 0 unspecified atom stereocenters. The lowest BCUT2D eigenvalue weighted by Gasteiger charge is -2.26. The number of alkyl halides is 3. The van der Waals surface area contributed by atoms with Crippen LogP contribution < -0.4 is 14.0 Å². The SMILES string of the molecule is O=S(=O)(Oc1cc(N(c2ccccc2)c2ccccc2)c2sc3cc(N(c4ccccc4)c4cccc5c4c4ccccc4n5-c4ccccc4)ccc3c2c1)C(F)(F)F. The summed E-state index contributed by atoms with van der Waals surface area (Å²) in [5, 5.41) is 3.42. The lowest BCUT2D eigenvalue weighted by molar-refractivity contribution is -0.0500. The van der Waals surface area contributed by atoms with Crippen LogP contribution in [0, 0.1) is 0 Å². The van der Waals surface area contributed by atoms with Crippen LogP contribution in [0.2, 0.25) is 0 Å². The third-order valence-corrected chi connectivity index (χ3v) is 12.6. The number of para-hydroxylation sites is 5. The molecule has 10 rings (SSSR count). The lowest BCUT2D eigenvalue weighted by Crippen LogP contribution is -2.28. The molecular formula is C49H32F3N3O3S2. The topological polar surface area (TPSA) is 54.8 Å². The van der Waals surface area contributed by atoms with E-state index in [1.807, 2.05) is 126 Å². The van der Waals surface area contributed by atoms with Gasteiger partial charge in [0, 0.05) is 60.7 Å². The Hall–Kier alpha value is -7.08. The number of hydrogen-bond acceptors (Lipinski definition) is 6. The van der Waals surface area contributed by atoms with Gasteiger partial charge in [0.2, 0.25) is 0 Å². The molecule has 6 nitrogen and oxygen atoms in total. The highest BCUT2D eigenvalue weighted by atomic mass is 32.2. The molecule has 0 radical (unpaired) electrons. The molecule has 0 aliphatic heterocycles. The maximum Gasteiger partial charge on any atom is 0.534 e. The minimum Gasteiger partial charge on any atom is -0.376 e. The number of halogens is 3. The maximum absolute atomic E-state index is 13.8. The zero-order valence-electron chi connectivity index (χ0n) is 31.5. The quantitative estimate of drug-likeness (QED) is 0.107. The first-order valence-corrected chi connectivity index (χ1v) is 21.2. The Morgan fingerprint density at radius 1 is 0.500 bits per heavy atom. The summed E-state index contributed by atoms with van der Waals surface area (Å²) in [6.45, 7) is 0. The van der Waals surface area contributed by atoms with Crippen LogP contribution in [-0.4, -0.2) is 18.5 Å². The molecule has 0 saturated carbocycles. The fraction of sp³-hybridized carbons (Fsp3) is 0.0204. The van der Waals surface area contributed by atoms with E-state index in [4.69, 9.17) is 4.18 Å². The number of anilines is 6. The second-order valence-electron chi connectivity index (χ2n) is 14.1. The molecule has 0 atom stereocenters. The van der Waals surface area contributed by atoms with E-state index in [9.17, 15) is 21.6 Å². The minimum absolute atomic E-state index is 0.456. The predicted molar refractivity (Wildman–Crippen MR) is 239 cm³/mol. The van der Waals surface area contributed by atoms with E-state index in [1.165, 1.54) is 23.5 Å². The summed E-state index contributed by atoms with van der Waals surface area (Å²) in [4.78, 5) is 4.12. The van der Waals surface area contributed by atoms with E-state index in [2.05, 4.69) is 70.1 Å². The average molecular weight is 832 g/mol. The first-order chi connectivity index (χ1) is 29.2. The molecule has 2 aromatic heterocycles. The molecule has 294 valence electrons. The first kappa shape index (κ1) is 37.2. The van der Waals surface area contributed by atoms with Crippen molar-refractivity contribution in [1.29, 1.82) is 0 Å². The predicted octanol–water partition coefficient (Wildman–Crippen LogP) is 14.3. The van der Waals surface area contributed by atoms with Crippen LogP contribution in [-0.2, 0) is 10.1 Å². The van der Waals surface area contributed by atoms with Gasteiger partial charge < -0.3 is 18.6 Å². The van der Waals surface area contributed by atoms with Crippen LogP contribution in [0.15, 0.2) is 194 Å². The molecule has 0 N–H and O–H groups in total. The van der Waals surface area contributed by atoms with Crippen LogP contribution in [0.5, 0.6) is 5.75 Å². The van der Waals surface area contributed by atoms with Crippen molar-refractivity contribution in [2.24, 2.45) is 0 Å². The highest BCUT2D eigenvalue weighted by molar-refractivity contribution is 7.88. The summed E-state index contributed by atoms with van der Waals surface area (Å²) in [5.74, 6) is -0.456. The van der Waals surface area contributed by atoms with E-state index < -0.39 is 21.4 Å². The third kappa shape index (κ3) is 6.39. The standard InChI is InChI=1S/C49H32F3N3O3S2/c50-49(51,52)60(56,57)58-38-31-41-39-29-28-37(30-46(39)59-48(41)45(32-38)53(33-16-5-1-6-17-33)34-18-7-2-8-19-34)54(35-20-9-3-10-21-35)43-26-15-27-44-47(43)40-24-13-14-25-42(40)55(44)36-22-11-4-12-23-36/h1-32H. The molecule has 8 aromatic carbocycles. The number of nitrogens with zero attached hydrogens (tertiary/aromatic N) is 3. The summed E-state index contributed by atoms with van der Waals surface area (Å²) >= 11 is 1.47. The van der Waals surface area contributed by atoms with Gasteiger partial charge in [0.1, 0.15) is 5.75 Å². The van der Waals surface area contributed by atoms with Crippen molar-refractivity contribution in [2.75, 3.05) is 9.80 Å².